The van der Waals surface area contributed by atoms with Crippen molar-refractivity contribution in [2.24, 2.45) is 11.3 Å². The molecule has 0 bridgehead atoms. The van der Waals surface area contributed by atoms with Crippen LogP contribution in [0, 0.1) is 18.3 Å². The molecule has 1 aliphatic carbocycles. The molecule has 1 unspecified atom stereocenters. The molecule has 148 valence electrons. The Kier molecular flexibility index (Phi) is 5.82. The Morgan fingerprint density at radius 3 is 2.74 bits per heavy atom. The van der Waals surface area contributed by atoms with Crippen LogP contribution in [0.25, 0.3) is 0 Å². The topological polar surface area (TPSA) is 36.4 Å². The molecule has 4 rings (SSSR count). The van der Waals surface area contributed by atoms with Crippen LogP contribution in [-0.2, 0) is 0 Å². The molecular formula is C23H35N3O. The van der Waals surface area contributed by atoms with Crippen LogP contribution in [0.2, 0.25) is 0 Å². The molecule has 1 amide bonds. The van der Waals surface area contributed by atoms with E-state index in [1.54, 1.807) is 6.20 Å². The highest BCUT2D eigenvalue weighted by atomic mass is 16.2. The van der Waals surface area contributed by atoms with E-state index in [9.17, 15) is 4.79 Å². The van der Waals surface area contributed by atoms with Gasteiger partial charge in [-0.2, -0.15) is 0 Å². The number of amides is 1. The number of pyridine rings is 1. The van der Waals surface area contributed by atoms with E-state index in [1.807, 2.05) is 19.1 Å². The van der Waals surface area contributed by atoms with Crippen molar-refractivity contribution in [1.29, 1.82) is 0 Å². The van der Waals surface area contributed by atoms with Crippen LogP contribution in [0.4, 0.5) is 0 Å². The number of piperidine rings is 1. The first-order chi connectivity index (χ1) is 13.1. The average molecular weight is 370 g/mol. The molecule has 1 aromatic rings. The Bertz CT molecular complexity index is 638. The smallest absolute Gasteiger partial charge is 0.255 e. The van der Waals surface area contributed by atoms with Gasteiger partial charge in [-0.25, -0.2) is 0 Å². The molecule has 3 aliphatic rings. The summed E-state index contributed by atoms with van der Waals surface area (Å²) in [5, 5.41) is 0. The van der Waals surface area contributed by atoms with Crippen molar-refractivity contribution in [2.45, 2.75) is 64.7 Å². The zero-order valence-electron chi connectivity index (χ0n) is 17.0. The first-order valence-electron chi connectivity index (χ1n) is 11.1. The second-order valence-electron chi connectivity index (χ2n) is 9.34. The number of aromatic nitrogens is 1. The third-order valence-electron chi connectivity index (χ3n) is 7.20. The summed E-state index contributed by atoms with van der Waals surface area (Å²) in [7, 11) is 0. The van der Waals surface area contributed by atoms with Crippen molar-refractivity contribution < 1.29 is 4.79 Å². The second-order valence-corrected chi connectivity index (χ2v) is 9.34. The maximum Gasteiger partial charge on any atom is 0.255 e. The van der Waals surface area contributed by atoms with Crippen LogP contribution < -0.4 is 0 Å². The van der Waals surface area contributed by atoms with E-state index in [4.69, 9.17) is 0 Å². The van der Waals surface area contributed by atoms with Crippen molar-refractivity contribution in [3.63, 3.8) is 0 Å². The van der Waals surface area contributed by atoms with Gasteiger partial charge in [-0.3, -0.25) is 9.78 Å². The van der Waals surface area contributed by atoms with E-state index in [2.05, 4.69) is 14.8 Å². The van der Waals surface area contributed by atoms with Gasteiger partial charge in [-0.1, -0.05) is 32.1 Å². The van der Waals surface area contributed by atoms with Gasteiger partial charge in [0.15, 0.2) is 0 Å². The zero-order chi connectivity index (χ0) is 18.7. The third-order valence-corrected chi connectivity index (χ3v) is 7.20. The first kappa shape index (κ1) is 18.9. The number of carbonyl (C=O) groups is 1. The molecule has 1 atom stereocenters. The van der Waals surface area contributed by atoms with Crippen LogP contribution in [0.5, 0.6) is 0 Å². The summed E-state index contributed by atoms with van der Waals surface area (Å²) in [6.45, 7) is 7.51. The van der Waals surface area contributed by atoms with Gasteiger partial charge in [0, 0.05) is 36.9 Å². The lowest BCUT2D eigenvalue weighted by Crippen LogP contribution is -2.45. The minimum atomic E-state index is 0.165. The summed E-state index contributed by atoms with van der Waals surface area (Å²) in [6, 6.07) is 3.86. The van der Waals surface area contributed by atoms with E-state index in [0.717, 1.165) is 36.7 Å². The van der Waals surface area contributed by atoms with Crippen LogP contribution in [-0.4, -0.2) is 53.4 Å². The highest BCUT2D eigenvalue weighted by molar-refractivity contribution is 5.94. The van der Waals surface area contributed by atoms with Gasteiger partial charge < -0.3 is 9.80 Å². The number of hydrogen-bond donors (Lipinski definition) is 0. The quantitative estimate of drug-likeness (QED) is 0.794. The Morgan fingerprint density at radius 1 is 1.11 bits per heavy atom. The van der Waals surface area contributed by atoms with Crippen molar-refractivity contribution in [1.82, 2.24) is 14.8 Å². The summed E-state index contributed by atoms with van der Waals surface area (Å²) in [5.41, 5.74) is 2.03. The first-order valence-corrected chi connectivity index (χ1v) is 11.1. The van der Waals surface area contributed by atoms with Gasteiger partial charge in [0.2, 0.25) is 0 Å². The molecule has 1 aromatic heterocycles. The standard InChI is InChI=1S/C23H35N3O/c1-19-8-9-21(16-24-19)22(27)26-15-12-23(18-26)11-5-13-25(17-23)14-10-20-6-3-2-4-7-20/h8-9,16,20H,2-7,10-15,17-18H2,1H3. The lowest BCUT2D eigenvalue weighted by Gasteiger charge is -2.41. The summed E-state index contributed by atoms with van der Waals surface area (Å²) in [5.74, 6) is 1.13. The molecule has 4 heteroatoms. The lowest BCUT2D eigenvalue weighted by atomic mass is 9.79. The van der Waals surface area contributed by atoms with Crippen molar-refractivity contribution >= 4 is 5.91 Å². The number of carbonyl (C=O) groups excluding carboxylic acids is 1. The minimum Gasteiger partial charge on any atom is -0.338 e. The van der Waals surface area contributed by atoms with Crippen LogP contribution in [0.15, 0.2) is 18.3 Å². The van der Waals surface area contributed by atoms with Crippen LogP contribution in [0.3, 0.4) is 0 Å². The maximum absolute atomic E-state index is 12.9. The molecule has 2 aliphatic heterocycles. The summed E-state index contributed by atoms with van der Waals surface area (Å²) < 4.78 is 0. The average Bonchev–Trinajstić information content (AvgIpc) is 3.10. The van der Waals surface area contributed by atoms with Crippen LogP contribution >= 0.6 is 0 Å². The molecule has 3 fully saturated rings. The van der Waals surface area contributed by atoms with Crippen LogP contribution in [0.1, 0.15) is 73.8 Å². The minimum absolute atomic E-state index is 0.165. The monoisotopic (exact) mass is 369 g/mol. The number of hydrogen-bond acceptors (Lipinski definition) is 3. The van der Waals surface area contributed by atoms with E-state index in [-0.39, 0.29) is 5.91 Å². The second kappa shape index (κ2) is 8.30. The van der Waals surface area contributed by atoms with Gasteiger partial charge in [0.25, 0.3) is 5.91 Å². The maximum atomic E-state index is 12.9. The Balaban J connectivity index is 1.32. The summed E-state index contributed by atoms with van der Waals surface area (Å²) in [6.07, 6.45) is 14.1. The van der Waals surface area contributed by atoms with E-state index >= 15 is 0 Å². The molecule has 27 heavy (non-hydrogen) atoms. The molecule has 4 nitrogen and oxygen atoms in total. The predicted molar refractivity (Wildman–Crippen MR) is 109 cm³/mol. The Morgan fingerprint density at radius 2 is 1.96 bits per heavy atom. The highest BCUT2D eigenvalue weighted by Crippen LogP contribution is 2.39. The summed E-state index contributed by atoms with van der Waals surface area (Å²) in [4.78, 5) is 22.0. The molecule has 3 heterocycles. The number of likely N-dealkylation sites (tertiary alicyclic amines) is 2. The fourth-order valence-corrected chi connectivity index (χ4v) is 5.56. The fraction of sp³-hybridized carbons (Fsp3) is 0.739. The molecule has 2 saturated heterocycles. The molecule has 0 aromatic carbocycles. The normalized spacial score (nSPS) is 27.4. The summed E-state index contributed by atoms with van der Waals surface area (Å²) >= 11 is 0. The molecule has 0 N–H and O–H groups in total. The Labute approximate surface area is 164 Å². The van der Waals surface area contributed by atoms with Gasteiger partial charge >= 0.3 is 0 Å². The van der Waals surface area contributed by atoms with E-state index in [1.165, 1.54) is 71.0 Å². The van der Waals surface area contributed by atoms with Gasteiger partial charge in [-0.15, -0.1) is 0 Å². The molecule has 1 saturated carbocycles. The third kappa shape index (κ3) is 4.53. The highest BCUT2D eigenvalue weighted by Gasteiger charge is 2.42. The van der Waals surface area contributed by atoms with Crippen molar-refractivity contribution in [3.8, 4) is 0 Å². The fourth-order valence-electron chi connectivity index (χ4n) is 5.56. The number of rotatable bonds is 4. The van der Waals surface area contributed by atoms with E-state index < -0.39 is 0 Å². The lowest BCUT2D eigenvalue weighted by molar-refractivity contribution is 0.0674. The Hall–Kier alpha value is -1.42. The molecule has 1 spiro atoms. The molecule has 0 radical (unpaired) electrons. The largest absolute Gasteiger partial charge is 0.338 e. The van der Waals surface area contributed by atoms with Gasteiger partial charge in [-0.05, 0) is 63.7 Å². The predicted octanol–water partition coefficient (Wildman–Crippen LogP) is 4.29. The van der Waals surface area contributed by atoms with Gasteiger partial charge in [0.05, 0.1) is 5.56 Å². The number of aryl methyl sites for hydroxylation is 1. The van der Waals surface area contributed by atoms with Crippen molar-refractivity contribution in [3.05, 3.63) is 29.6 Å². The van der Waals surface area contributed by atoms with Gasteiger partial charge in [0.1, 0.15) is 0 Å². The SMILES string of the molecule is Cc1ccc(C(=O)N2CCC3(CCCN(CCC4CCCCC4)C3)C2)cn1. The number of nitrogens with zero attached hydrogens (tertiary/aromatic N) is 3. The van der Waals surface area contributed by atoms with Crippen molar-refractivity contribution in [2.75, 3.05) is 32.7 Å². The molecular weight excluding hydrogens is 334 g/mol. The zero-order valence-corrected chi connectivity index (χ0v) is 17.0. The van der Waals surface area contributed by atoms with E-state index in [0.29, 0.717) is 5.41 Å².